The second-order valence-electron chi connectivity index (χ2n) is 16.4. The Kier molecular flexibility index (Phi) is 7.26. The lowest BCUT2D eigenvalue weighted by molar-refractivity contribution is 0.447. The van der Waals surface area contributed by atoms with Crippen LogP contribution < -0.4 is 9.64 Å². The molecule has 2 nitrogen and oxygen atoms in total. The lowest BCUT2D eigenvalue weighted by Gasteiger charge is -2.40. The van der Waals surface area contributed by atoms with Crippen LogP contribution in [0, 0.1) is 0 Å². The minimum absolute atomic E-state index is 0.564. The van der Waals surface area contributed by atoms with E-state index in [1.54, 1.807) is 0 Å². The highest BCUT2D eigenvalue weighted by Crippen LogP contribution is 2.64. The van der Waals surface area contributed by atoms with Crippen LogP contribution >= 0.6 is 0 Å². The van der Waals surface area contributed by atoms with Gasteiger partial charge < -0.3 is 9.64 Å². The monoisotopic (exact) mass is 775 g/mol. The zero-order valence-electron chi connectivity index (χ0n) is 33.2. The van der Waals surface area contributed by atoms with E-state index in [1.807, 2.05) is 0 Å². The molecule has 13 rings (SSSR count). The van der Waals surface area contributed by atoms with Crippen molar-refractivity contribution in [2.45, 2.75) is 5.41 Å². The fourth-order valence-corrected chi connectivity index (χ4v) is 10.5. The van der Waals surface area contributed by atoms with E-state index < -0.39 is 5.41 Å². The first-order chi connectivity index (χ1) is 30.2. The highest BCUT2D eigenvalue weighted by Gasteiger charge is 2.51. The number of nitrogens with zero attached hydrogens (tertiary/aromatic N) is 1. The molecule has 11 aromatic carbocycles. The van der Waals surface area contributed by atoms with Gasteiger partial charge in [0.25, 0.3) is 0 Å². The van der Waals surface area contributed by atoms with E-state index in [0.29, 0.717) is 0 Å². The van der Waals surface area contributed by atoms with Crippen molar-refractivity contribution in [2.24, 2.45) is 0 Å². The van der Waals surface area contributed by atoms with Gasteiger partial charge in [-0.3, -0.25) is 0 Å². The third kappa shape index (κ3) is 4.97. The normalized spacial score (nSPS) is 13.2. The molecular formula is C59H37NO. The number of fused-ring (bicyclic) bond motifs is 15. The zero-order chi connectivity index (χ0) is 40.1. The average Bonchev–Trinajstić information content (AvgIpc) is 3.61. The van der Waals surface area contributed by atoms with Gasteiger partial charge >= 0.3 is 0 Å². The Balaban J connectivity index is 0.978. The van der Waals surface area contributed by atoms with Crippen molar-refractivity contribution in [1.29, 1.82) is 0 Å². The molecule has 0 amide bonds. The number of hydrogen-bond acceptors (Lipinski definition) is 2. The van der Waals surface area contributed by atoms with Crippen LogP contribution in [0.2, 0.25) is 0 Å². The molecule has 1 heterocycles. The molecule has 61 heavy (non-hydrogen) atoms. The summed E-state index contributed by atoms with van der Waals surface area (Å²) in [5.41, 5.74) is 12.6. The highest BCUT2D eigenvalue weighted by atomic mass is 16.5. The minimum Gasteiger partial charge on any atom is -0.455 e. The zero-order valence-corrected chi connectivity index (χ0v) is 33.2. The largest absolute Gasteiger partial charge is 0.455 e. The molecular weight excluding hydrogens is 739 g/mol. The van der Waals surface area contributed by atoms with E-state index in [-0.39, 0.29) is 0 Å². The van der Waals surface area contributed by atoms with E-state index in [0.717, 1.165) is 39.3 Å². The smallest absolute Gasteiger partial charge is 0.140 e. The third-order valence-electron chi connectivity index (χ3n) is 13.3. The number of benzene rings is 11. The van der Waals surface area contributed by atoms with Gasteiger partial charge in [-0.05, 0) is 108 Å². The van der Waals surface area contributed by atoms with Crippen molar-refractivity contribution in [3.8, 4) is 33.8 Å². The van der Waals surface area contributed by atoms with Crippen LogP contribution in [0.5, 0.6) is 11.5 Å². The van der Waals surface area contributed by atoms with E-state index in [2.05, 4.69) is 229 Å². The molecule has 0 radical (unpaired) electrons. The molecule has 2 heteroatoms. The van der Waals surface area contributed by atoms with Crippen LogP contribution in [-0.4, -0.2) is 0 Å². The molecule has 0 saturated carbocycles. The fourth-order valence-electron chi connectivity index (χ4n) is 10.5. The average molecular weight is 776 g/mol. The summed E-state index contributed by atoms with van der Waals surface area (Å²) in [7, 11) is 0. The summed E-state index contributed by atoms with van der Waals surface area (Å²) >= 11 is 0. The van der Waals surface area contributed by atoms with Crippen molar-refractivity contribution in [3.05, 3.63) is 247 Å². The number of hydrogen-bond donors (Lipinski definition) is 0. The summed E-state index contributed by atoms with van der Waals surface area (Å²) in [4.78, 5) is 2.37. The predicted molar refractivity (Wildman–Crippen MR) is 254 cm³/mol. The van der Waals surface area contributed by atoms with Gasteiger partial charge in [0.15, 0.2) is 0 Å². The Bertz CT molecular complexity index is 3420. The minimum atomic E-state index is -0.564. The van der Waals surface area contributed by atoms with Crippen molar-refractivity contribution in [2.75, 3.05) is 4.90 Å². The molecule has 1 aliphatic heterocycles. The van der Waals surface area contributed by atoms with E-state index in [4.69, 9.17) is 4.74 Å². The SMILES string of the molecule is c1ccc2c(c1)-c1cc(-c3ccc(N(c4ccc5ccccc5c4)c4ccc5ccccc5c4)cc3)ccc1C21c2ccc3ccccc3c2Oc2c1ccc1ccccc21. The Morgan fingerprint density at radius 1 is 0.295 bits per heavy atom. The molecule has 284 valence electrons. The summed E-state index contributed by atoms with van der Waals surface area (Å²) in [6.07, 6.45) is 0. The Hall–Kier alpha value is -7.94. The Morgan fingerprint density at radius 2 is 0.738 bits per heavy atom. The molecule has 2 aliphatic rings. The standard InChI is InChI=1S/C59H37NO/c1-3-15-43-35-47(30-23-38(43)11-1)60(48-31-24-39-12-2-4-16-44(39)36-48)46-28-21-40(22-29-46)45-27-32-54-52(37-45)51-19-9-10-20-53(51)59(54)55-33-25-41-13-5-7-17-49(41)57(55)61-58-50-18-8-6-14-42(50)26-34-56(58)59/h1-37H. The summed E-state index contributed by atoms with van der Waals surface area (Å²) in [6.45, 7) is 0. The Morgan fingerprint density at radius 3 is 1.34 bits per heavy atom. The molecule has 0 aromatic heterocycles. The van der Waals surface area contributed by atoms with Gasteiger partial charge in [0, 0.05) is 39.0 Å². The van der Waals surface area contributed by atoms with Gasteiger partial charge in [-0.15, -0.1) is 0 Å². The highest BCUT2D eigenvalue weighted by molar-refractivity contribution is 6.00. The maximum Gasteiger partial charge on any atom is 0.140 e. The quantitative estimate of drug-likeness (QED) is 0.177. The number of ether oxygens (including phenoxy) is 1. The molecule has 0 atom stereocenters. The molecule has 1 spiro atoms. The third-order valence-corrected chi connectivity index (χ3v) is 13.3. The molecule has 0 fully saturated rings. The first-order valence-corrected chi connectivity index (χ1v) is 21.1. The van der Waals surface area contributed by atoms with Gasteiger partial charge in [-0.1, -0.05) is 182 Å². The van der Waals surface area contributed by atoms with Gasteiger partial charge in [0.05, 0.1) is 5.41 Å². The maximum absolute atomic E-state index is 7.15. The van der Waals surface area contributed by atoms with Crippen LogP contribution in [0.15, 0.2) is 224 Å². The van der Waals surface area contributed by atoms with Crippen molar-refractivity contribution in [3.63, 3.8) is 0 Å². The van der Waals surface area contributed by atoms with Gasteiger partial charge in [-0.25, -0.2) is 0 Å². The molecule has 0 bridgehead atoms. The molecule has 0 N–H and O–H groups in total. The maximum atomic E-state index is 7.15. The lowest BCUT2D eigenvalue weighted by atomic mass is 9.65. The van der Waals surface area contributed by atoms with E-state index in [9.17, 15) is 0 Å². The topological polar surface area (TPSA) is 12.5 Å². The van der Waals surface area contributed by atoms with Crippen LogP contribution in [0.25, 0.3) is 65.3 Å². The summed E-state index contributed by atoms with van der Waals surface area (Å²) in [6, 6.07) is 82.3. The molecule has 0 saturated heterocycles. The number of anilines is 3. The predicted octanol–water partition coefficient (Wildman–Crippen LogP) is 15.9. The van der Waals surface area contributed by atoms with Gasteiger partial charge in [0.1, 0.15) is 11.5 Å². The van der Waals surface area contributed by atoms with Crippen molar-refractivity contribution in [1.82, 2.24) is 0 Å². The lowest BCUT2D eigenvalue weighted by Crippen LogP contribution is -2.32. The Labute approximate surface area is 354 Å². The number of rotatable bonds is 4. The first-order valence-electron chi connectivity index (χ1n) is 21.1. The summed E-state index contributed by atoms with van der Waals surface area (Å²) in [5, 5.41) is 9.49. The van der Waals surface area contributed by atoms with Gasteiger partial charge in [0.2, 0.25) is 0 Å². The molecule has 11 aromatic rings. The van der Waals surface area contributed by atoms with Gasteiger partial charge in [-0.2, -0.15) is 0 Å². The van der Waals surface area contributed by atoms with E-state index >= 15 is 0 Å². The first kappa shape index (κ1) is 34.0. The summed E-state index contributed by atoms with van der Waals surface area (Å²) in [5.74, 6) is 1.87. The summed E-state index contributed by atoms with van der Waals surface area (Å²) < 4.78 is 7.15. The molecule has 0 unspecified atom stereocenters. The second-order valence-corrected chi connectivity index (χ2v) is 16.4. The van der Waals surface area contributed by atoms with Crippen LogP contribution in [0.4, 0.5) is 17.1 Å². The second kappa shape index (κ2) is 13.0. The van der Waals surface area contributed by atoms with Crippen molar-refractivity contribution < 1.29 is 4.74 Å². The van der Waals surface area contributed by atoms with Crippen LogP contribution in [0.1, 0.15) is 22.3 Å². The fraction of sp³-hybridized carbons (Fsp3) is 0.0169. The van der Waals surface area contributed by atoms with E-state index in [1.165, 1.54) is 76.8 Å². The molecule has 1 aliphatic carbocycles. The van der Waals surface area contributed by atoms with Crippen molar-refractivity contribution >= 4 is 60.2 Å². The van der Waals surface area contributed by atoms with Crippen LogP contribution in [-0.2, 0) is 5.41 Å². The van der Waals surface area contributed by atoms with Crippen LogP contribution in [0.3, 0.4) is 0 Å².